The Balaban J connectivity index is 2.66. The van der Waals surface area contributed by atoms with E-state index in [1.807, 2.05) is 0 Å². The zero-order valence-electron chi connectivity index (χ0n) is 8.65. The lowest BCUT2D eigenvalue weighted by atomic mass is 9.99. The van der Waals surface area contributed by atoms with Crippen LogP contribution in [0.1, 0.15) is 27.2 Å². The predicted octanol–water partition coefficient (Wildman–Crippen LogP) is 0.461. The highest BCUT2D eigenvalue weighted by Crippen LogP contribution is 2.18. The number of imide groups is 1. The fraction of sp³-hybridized carbons (Fsp3) is 0.600. The van der Waals surface area contributed by atoms with Crippen molar-refractivity contribution in [2.75, 3.05) is 0 Å². The highest BCUT2D eigenvalue weighted by atomic mass is 16.3. The molecule has 1 unspecified atom stereocenters. The van der Waals surface area contributed by atoms with Crippen LogP contribution in [0.15, 0.2) is 12.2 Å². The fourth-order valence-electron chi connectivity index (χ4n) is 1.66. The van der Waals surface area contributed by atoms with E-state index in [0.29, 0.717) is 6.42 Å². The van der Waals surface area contributed by atoms with Crippen LogP contribution in [0.2, 0.25) is 0 Å². The van der Waals surface area contributed by atoms with Crippen molar-refractivity contribution in [1.82, 2.24) is 4.90 Å². The van der Waals surface area contributed by atoms with Crippen LogP contribution in [0, 0.1) is 0 Å². The number of hydrogen-bond donors (Lipinski definition) is 1. The zero-order chi connectivity index (χ0) is 10.9. The smallest absolute Gasteiger partial charge is 0.253 e. The lowest BCUT2D eigenvalue weighted by Gasteiger charge is -2.28. The van der Waals surface area contributed by atoms with Crippen LogP contribution in [0.5, 0.6) is 0 Å². The first-order valence-electron chi connectivity index (χ1n) is 4.59. The molecule has 0 aromatic carbocycles. The van der Waals surface area contributed by atoms with Gasteiger partial charge in [0.1, 0.15) is 0 Å². The van der Waals surface area contributed by atoms with Gasteiger partial charge in [-0.3, -0.25) is 14.5 Å². The van der Waals surface area contributed by atoms with Crippen LogP contribution in [-0.4, -0.2) is 33.5 Å². The van der Waals surface area contributed by atoms with Crippen LogP contribution < -0.4 is 0 Å². The molecule has 78 valence electrons. The number of aliphatic hydroxyl groups is 1. The molecule has 1 aliphatic rings. The third-order valence-corrected chi connectivity index (χ3v) is 2.08. The Morgan fingerprint density at radius 3 is 2.14 bits per heavy atom. The molecule has 0 radical (unpaired) electrons. The predicted molar refractivity (Wildman–Crippen MR) is 51.4 cm³/mol. The largest absolute Gasteiger partial charge is 0.390 e. The van der Waals surface area contributed by atoms with E-state index in [1.165, 1.54) is 12.2 Å². The third kappa shape index (κ3) is 2.42. The van der Waals surface area contributed by atoms with Gasteiger partial charge in [-0.2, -0.15) is 0 Å². The summed E-state index contributed by atoms with van der Waals surface area (Å²) >= 11 is 0. The van der Waals surface area contributed by atoms with Crippen LogP contribution in [0.4, 0.5) is 0 Å². The molecule has 0 spiro atoms. The van der Waals surface area contributed by atoms with Crippen molar-refractivity contribution in [2.45, 2.75) is 38.8 Å². The topological polar surface area (TPSA) is 57.6 Å². The van der Waals surface area contributed by atoms with E-state index >= 15 is 0 Å². The van der Waals surface area contributed by atoms with Crippen LogP contribution in [-0.2, 0) is 9.59 Å². The second kappa shape index (κ2) is 3.53. The quantitative estimate of drug-likeness (QED) is 0.669. The molecule has 0 saturated carbocycles. The van der Waals surface area contributed by atoms with Gasteiger partial charge in [-0.1, -0.05) is 0 Å². The Morgan fingerprint density at radius 2 is 1.79 bits per heavy atom. The lowest BCUT2D eigenvalue weighted by molar-refractivity contribution is -0.140. The summed E-state index contributed by atoms with van der Waals surface area (Å²) in [7, 11) is 0. The van der Waals surface area contributed by atoms with Gasteiger partial charge in [0.25, 0.3) is 11.8 Å². The Hall–Kier alpha value is -1.16. The van der Waals surface area contributed by atoms with Crippen molar-refractivity contribution in [2.24, 2.45) is 0 Å². The molecule has 4 heteroatoms. The summed E-state index contributed by atoms with van der Waals surface area (Å²) in [4.78, 5) is 23.7. The number of amides is 2. The number of nitrogens with zero attached hydrogens (tertiary/aromatic N) is 1. The molecule has 1 heterocycles. The Kier molecular flexibility index (Phi) is 2.76. The summed E-state index contributed by atoms with van der Waals surface area (Å²) in [6.45, 7) is 5.06. The van der Waals surface area contributed by atoms with Gasteiger partial charge < -0.3 is 5.11 Å². The molecule has 1 N–H and O–H groups in total. The fourth-order valence-corrected chi connectivity index (χ4v) is 1.66. The molecule has 2 amide bonds. The maximum absolute atomic E-state index is 11.2. The van der Waals surface area contributed by atoms with Gasteiger partial charge in [0.05, 0.1) is 5.60 Å². The second-order valence-electron chi connectivity index (χ2n) is 4.25. The number of carbonyl (C=O) groups excluding carboxylic acids is 2. The molecule has 0 fully saturated rings. The molecule has 14 heavy (non-hydrogen) atoms. The summed E-state index contributed by atoms with van der Waals surface area (Å²) < 4.78 is 0. The monoisotopic (exact) mass is 197 g/mol. The minimum atomic E-state index is -0.872. The summed E-state index contributed by atoms with van der Waals surface area (Å²) in [5.74, 6) is -0.599. The van der Waals surface area contributed by atoms with Crippen LogP contribution in [0.3, 0.4) is 0 Å². The minimum Gasteiger partial charge on any atom is -0.390 e. The first kappa shape index (κ1) is 10.9. The first-order valence-corrected chi connectivity index (χ1v) is 4.59. The molecular weight excluding hydrogens is 182 g/mol. The average molecular weight is 197 g/mol. The van der Waals surface area contributed by atoms with E-state index < -0.39 is 5.60 Å². The van der Waals surface area contributed by atoms with Crippen molar-refractivity contribution in [3.8, 4) is 0 Å². The molecule has 1 atom stereocenters. The molecule has 0 aliphatic carbocycles. The lowest BCUT2D eigenvalue weighted by Crippen LogP contribution is -2.42. The second-order valence-corrected chi connectivity index (χ2v) is 4.25. The Bertz CT molecular complexity index is 270. The molecule has 1 aliphatic heterocycles. The van der Waals surface area contributed by atoms with E-state index in [9.17, 15) is 14.7 Å². The zero-order valence-corrected chi connectivity index (χ0v) is 8.65. The third-order valence-electron chi connectivity index (χ3n) is 2.08. The van der Waals surface area contributed by atoms with E-state index in [2.05, 4.69) is 0 Å². The Morgan fingerprint density at radius 1 is 1.36 bits per heavy atom. The maximum atomic E-state index is 11.2. The maximum Gasteiger partial charge on any atom is 0.253 e. The van der Waals surface area contributed by atoms with Gasteiger partial charge in [0.15, 0.2) is 0 Å². The number of carbonyl (C=O) groups is 2. The summed E-state index contributed by atoms with van der Waals surface area (Å²) in [6, 6.07) is -0.273. The molecule has 0 aromatic heterocycles. The van der Waals surface area contributed by atoms with Crippen LogP contribution in [0.25, 0.3) is 0 Å². The molecule has 0 saturated heterocycles. The normalized spacial score (nSPS) is 19.3. The Labute approximate surface area is 83.2 Å². The van der Waals surface area contributed by atoms with Crippen molar-refractivity contribution in [1.29, 1.82) is 0 Å². The molecule has 4 nitrogen and oxygen atoms in total. The molecule has 1 rings (SSSR count). The van der Waals surface area contributed by atoms with E-state index in [-0.39, 0.29) is 17.9 Å². The van der Waals surface area contributed by atoms with Crippen molar-refractivity contribution < 1.29 is 14.7 Å². The highest BCUT2D eigenvalue weighted by molar-refractivity contribution is 6.13. The van der Waals surface area contributed by atoms with Crippen LogP contribution >= 0.6 is 0 Å². The van der Waals surface area contributed by atoms with Crippen molar-refractivity contribution in [3.63, 3.8) is 0 Å². The summed E-state index contributed by atoms with van der Waals surface area (Å²) in [5.41, 5.74) is -0.872. The number of hydrogen-bond acceptors (Lipinski definition) is 3. The average Bonchev–Trinajstić information content (AvgIpc) is 2.27. The minimum absolute atomic E-state index is 0.273. The van der Waals surface area contributed by atoms with Gasteiger partial charge in [-0.25, -0.2) is 0 Å². The van der Waals surface area contributed by atoms with Crippen molar-refractivity contribution in [3.05, 3.63) is 12.2 Å². The standard InChI is InChI=1S/C10H15NO3/c1-7(6-10(2,3)14)11-8(12)4-5-9(11)13/h4-5,7,14H,6H2,1-3H3. The first-order chi connectivity index (χ1) is 6.31. The molecule has 0 aromatic rings. The van der Waals surface area contributed by atoms with Gasteiger partial charge in [0, 0.05) is 18.2 Å². The number of rotatable bonds is 3. The summed E-state index contributed by atoms with van der Waals surface area (Å²) in [5, 5.41) is 9.55. The van der Waals surface area contributed by atoms with Crippen molar-refractivity contribution >= 4 is 11.8 Å². The summed E-state index contributed by atoms with van der Waals surface area (Å²) in [6.07, 6.45) is 2.89. The highest BCUT2D eigenvalue weighted by Gasteiger charge is 2.31. The van der Waals surface area contributed by atoms with E-state index in [4.69, 9.17) is 0 Å². The van der Waals surface area contributed by atoms with E-state index in [1.54, 1.807) is 20.8 Å². The molecule has 0 bridgehead atoms. The van der Waals surface area contributed by atoms with Gasteiger partial charge in [-0.05, 0) is 27.2 Å². The SMILES string of the molecule is CC(CC(C)(C)O)N1C(=O)C=CC1=O. The van der Waals surface area contributed by atoms with Gasteiger partial charge in [-0.15, -0.1) is 0 Å². The van der Waals surface area contributed by atoms with E-state index in [0.717, 1.165) is 4.90 Å². The molecular formula is C10H15NO3. The van der Waals surface area contributed by atoms with Gasteiger partial charge in [0.2, 0.25) is 0 Å². The van der Waals surface area contributed by atoms with Gasteiger partial charge >= 0.3 is 0 Å².